The molecule has 5 rings (SSSR count). The largest absolute Gasteiger partial charge is 0.477 e. The van der Waals surface area contributed by atoms with E-state index in [4.69, 9.17) is 10.5 Å². The van der Waals surface area contributed by atoms with Crippen LogP contribution in [0.5, 0.6) is 5.75 Å². The molecule has 1 saturated heterocycles. The highest BCUT2D eigenvalue weighted by Gasteiger charge is 2.41. The van der Waals surface area contributed by atoms with Crippen LogP contribution in [0, 0.1) is 17.7 Å². The number of allylic oxidation sites excluding steroid dienone is 1. The maximum atomic E-state index is 15.7. The van der Waals surface area contributed by atoms with Crippen molar-refractivity contribution in [1.29, 1.82) is 0 Å². The minimum atomic E-state index is -1.39. The van der Waals surface area contributed by atoms with Gasteiger partial charge in [0.25, 0.3) is 0 Å². The van der Waals surface area contributed by atoms with Crippen LogP contribution in [0.25, 0.3) is 10.9 Å². The molecule has 3 heterocycles. The van der Waals surface area contributed by atoms with Crippen LogP contribution in [0.4, 0.5) is 15.8 Å². The van der Waals surface area contributed by atoms with Gasteiger partial charge in [-0.3, -0.25) is 14.5 Å². The molecule has 0 radical (unpaired) electrons. The number of halogens is 1. The molecular formula is C21H24FN5O4. The van der Waals surface area contributed by atoms with Crippen LogP contribution >= 0.6 is 0 Å². The lowest BCUT2D eigenvalue weighted by Gasteiger charge is -2.34. The highest BCUT2D eigenvalue weighted by Crippen LogP contribution is 2.46. The van der Waals surface area contributed by atoms with E-state index in [-0.39, 0.29) is 40.8 Å². The molecular weight excluding hydrogens is 405 g/mol. The number of aromatic carboxylic acids is 1. The van der Waals surface area contributed by atoms with E-state index in [2.05, 4.69) is 17.5 Å². The molecule has 2 aliphatic heterocycles. The number of anilines is 2. The van der Waals surface area contributed by atoms with Crippen molar-refractivity contribution in [3.05, 3.63) is 40.0 Å². The number of fused-ring (bicyclic) bond motifs is 1. The Morgan fingerprint density at radius 1 is 1.39 bits per heavy atom. The Labute approximate surface area is 177 Å². The van der Waals surface area contributed by atoms with Gasteiger partial charge in [-0.05, 0) is 19.4 Å². The summed E-state index contributed by atoms with van der Waals surface area (Å²) in [7, 11) is 3.60. The minimum absolute atomic E-state index is 0.0712. The predicted molar refractivity (Wildman–Crippen MR) is 115 cm³/mol. The number of pyridine rings is 1. The Morgan fingerprint density at radius 2 is 2.16 bits per heavy atom. The van der Waals surface area contributed by atoms with Gasteiger partial charge in [-0.1, -0.05) is 12.2 Å². The Bertz CT molecular complexity index is 1190. The van der Waals surface area contributed by atoms with Gasteiger partial charge in [0.2, 0.25) is 5.43 Å². The average Bonchev–Trinajstić information content (AvgIpc) is 3.17. The fourth-order valence-electron chi connectivity index (χ4n) is 5.17. The SMILES string of the molecule is CNC1C=CCC2CN(c3c(F)c(N)c4c(=O)c(C(=O)O)cn5c4c3OCN5C)CC21. The number of hydrogen-bond donors (Lipinski definition) is 3. The normalized spacial score (nSPS) is 24.4. The van der Waals surface area contributed by atoms with Crippen molar-refractivity contribution in [2.24, 2.45) is 11.8 Å². The summed E-state index contributed by atoms with van der Waals surface area (Å²) in [5.74, 6) is -1.25. The van der Waals surface area contributed by atoms with Crippen molar-refractivity contribution < 1.29 is 19.0 Å². The molecule has 10 heteroatoms. The fraction of sp³-hybridized carbons (Fsp3) is 0.429. The number of nitrogen functional groups attached to an aromatic ring is 1. The van der Waals surface area contributed by atoms with E-state index in [1.54, 1.807) is 12.1 Å². The highest BCUT2D eigenvalue weighted by atomic mass is 19.1. The Balaban J connectivity index is 1.74. The van der Waals surface area contributed by atoms with Gasteiger partial charge in [0.1, 0.15) is 16.8 Å². The lowest BCUT2D eigenvalue weighted by atomic mass is 9.82. The van der Waals surface area contributed by atoms with Crippen molar-refractivity contribution in [2.75, 3.05) is 49.6 Å². The number of carboxylic acid groups (broad SMARTS) is 1. The van der Waals surface area contributed by atoms with E-state index in [1.165, 1.54) is 10.9 Å². The first-order valence-electron chi connectivity index (χ1n) is 10.2. The van der Waals surface area contributed by atoms with Gasteiger partial charge in [-0.15, -0.1) is 0 Å². The zero-order valence-electron chi connectivity index (χ0n) is 17.3. The van der Waals surface area contributed by atoms with Crippen LogP contribution in [0.1, 0.15) is 16.8 Å². The number of carbonyl (C=O) groups is 1. The van der Waals surface area contributed by atoms with Gasteiger partial charge >= 0.3 is 5.97 Å². The number of nitrogens with zero attached hydrogens (tertiary/aromatic N) is 3. The van der Waals surface area contributed by atoms with E-state index >= 15 is 4.39 Å². The standard InChI is InChI=1S/C21H24FN5O4/c1-24-13-5-3-4-10-6-26(7-11(10)13)18-15(22)16(23)14-17-20(18)31-9-25(2)27(17)8-12(19(14)28)21(29)30/h3,5,8,10-11,13,24H,4,6-7,9,23H2,1-2H3,(H,29,30). The van der Waals surface area contributed by atoms with E-state index in [9.17, 15) is 14.7 Å². The van der Waals surface area contributed by atoms with Gasteiger partial charge in [-0.2, -0.15) is 0 Å². The van der Waals surface area contributed by atoms with Gasteiger partial charge in [-0.25, -0.2) is 9.18 Å². The summed E-state index contributed by atoms with van der Waals surface area (Å²) < 4.78 is 23.1. The maximum Gasteiger partial charge on any atom is 0.341 e. The van der Waals surface area contributed by atoms with Crippen molar-refractivity contribution in [2.45, 2.75) is 12.5 Å². The topological polar surface area (TPSA) is 113 Å². The second-order valence-corrected chi connectivity index (χ2v) is 8.39. The highest BCUT2D eigenvalue weighted by molar-refractivity contribution is 6.03. The monoisotopic (exact) mass is 429 g/mol. The third kappa shape index (κ3) is 2.71. The Morgan fingerprint density at radius 3 is 2.87 bits per heavy atom. The van der Waals surface area contributed by atoms with Crippen molar-refractivity contribution in [3.63, 3.8) is 0 Å². The number of ether oxygens (including phenoxy) is 1. The van der Waals surface area contributed by atoms with Crippen molar-refractivity contribution >= 4 is 28.2 Å². The molecule has 0 spiro atoms. The van der Waals surface area contributed by atoms with Crippen LogP contribution in [0.15, 0.2) is 23.1 Å². The molecule has 2 aromatic rings. The summed E-state index contributed by atoms with van der Waals surface area (Å²) in [6.07, 6.45) is 6.45. The van der Waals surface area contributed by atoms with Gasteiger partial charge in [0.15, 0.2) is 18.3 Å². The number of nitrogens with one attached hydrogen (secondary N) is 1. The van der Waals surface area contributed by atoms with Crippen LogP contribution in [-0.4, -0.2) is 55.7 Å². The molecule has 0 saturated carbocycles. The molecule has 9 nitrogen and oxygen atoms in total. The molecule has 0 bridgehead atoms. The van der Waals surface area contributed by atoms with E-state index in [1.807, 2.05) is 11.9 Å². The second kappa shape index (κ2) is 6.88. The van der Waals surface area contributed by atoms with E-state index < -0.39 is 22.8 Å². The zero-order valence-corrected chi connectivity index (χ0v) is 17.3. The number of aromatic nitrogens is 1. The summed E-state index contributed by atoms with van der Waals surface area (Å²) in [4.78, 5) is 26.4. The third-order valence-corrected chi connectivity index (χ3v) is 6.71. The fourth-order valence-corrected chi connectivity index (χ4v) is 5.17. The number of benzene rings is 1. The Kier molecular flexibility index (Phi) is 4.37. The minimum Gasteiger partial charge on any atom is -0.477 e. The predicted octanol–water partition coefficient (Wildman–Crippen LogP) is 0.939. The van der Waals surface area contributed by atoms with Crippen molar-refractivity contribution in [3.8, 4) is 5.75 Å². The van der Waals surface area contributed by atoms with E-state index in [0.29, 0.717) is 24.9 Å². The zero-order chi connectivity index (χ0) is 22.0. The first kappa shape index (κ1) is 19.7. The second-order valence-electron chi connectivity index (χ2n) is 8.39. The molecule has 31 heavy (non-hydrogen) atoms. The molecule has 3 atom stereocenters. The summed E-state index contributed by atoms with van der Waals surface area (Å²) >= 11 is 0. The lowest BCUT2D eigenvalue weighted by molar-refractivity contribution is 0.0694. The van der Waals surface area contributed by atoms with Gasteiger partial charge in [0, 0.05) is 38.3 Å². The first-order chi connectivity index (χ1) is 14.8. The van der Waals surface area contributed by atoms with E-state index in [0.717, 1.165) is 6.42 Å². The molecule has 3 aliphatic rings. The van der Waals surface area contributed by atoms with Crippen LogP contribution in [0.3, 0.4) is 0 Å². The molecule has 4 N–H and O–H groups in total. The first-order valence-corrected chi connectivity index (χ1v) is 10.2. The third-order valence-electron chi connectivity index (χ3n) is 6.71. The maximum absolute atomic E-state index is 15.7. The summed E-state index contributed by atoms with van der Waals surface area (Å²) in [6.45, 7) is 1.33. The molecule has 1 aliphatic carbocycles. The van der Waals surface area contributed by atoms with Gasteiger partial charge < -0.3 is 25.8 Å². The van der Waals surface area contributed by atoms with Crippen LogP contribution in [0.2, 0.25) is 0 Å². The summed E-state index contributed by atoms with van der Waals surface area (Å²) in [6, 6.07) is 0.198. The molecule has 1 aromatic heterocycles. The number of likely N-dealkylation sites (N-methyl/N-ethyl adjacent to an activating group) is 1. The Hall–Kier alpha value is -3.27. The lowest BCUT2D eigenvalue weighted by Crippen LogP contribution is -2.40. The molecule has 3 unspecified atom stereocenters. The smallest absolute Gasteiger partial charge is 0.341 e. The molecule has 164 valence electrons. The molecule has 0 amide bonds. The number of hydrogen-bond acceptors (Lipinski definition) is 7. The number of rotatable bonds is 3. The molecule has 1 aromatic carbocycles. The average molecular weight is 429 g/mol. The molecule has 1 fully saturated rings. The number of carboxylic acids is 1. The number of nitrogens with two attached hydrogens (primary N) is 1. The van der Waals surface area contributed by atoms with Crippen LogP contribution < -0.4 is 31.1 Å². The quantitative estimate of drug-likeness (QED) is 0.488. The van der Waals surface area contributed by atoms with Crippen LogP contribution in [-0.2, 0) is 0 Å². The van der Waals surface area contributed by atoms with Crippen molar-refractivity contribution in [1.82, 2.24) is 9.99 Å². The summed E-state index contributed by atoms with van der Waals surface area (Å²) in [5.41, 5.74) is 4.99. The summed E-state index contributed by atoms with van der Waals surface area (Å²) in [5, 5.41) is 14.2. The van der Waals surface area contributed by atoms with Gasteiger partial charge in [0.05, 0.1) is 11.1 Å².